The molecule has 0 saturated carbocycles. The van der Waals surface area contributed by atoms with Crippen molar-refractivity contribution in [2.75, 3.05) is 0 Å². The number of aryl methyl sites for hydroxylation is 2. The molecule has 130 valence electrons. The normalized spacial score (nSPS) is 11.2. The van der Waals surface area contributed by atoms with E-state index in [2.05, 4.69) is 28.7 Å². The molecule has 5 heteroatoms. The standard InChI is InChI=1S/C20H20Cl2N2O/c1-24-18-10-9-15(21)12-17(18)16(7-3-2-4-8-19(22)25)20(24)14-6-5-11-23-13-14/h5-6,9-13H,2-4,7-8H2,1H3. The van der Waals surface area contributed by atoms with E-state index in [0.717, 1.165) is 41.8 Å². The number of rotatable bonds is 7. The molecule has 0 aliphatic heterocycles. The summed E-state index contributed by atoms with van der Waals surface area (Å²) in [4.78, 5) is 15.1. The van der Waals surface area contributed by atoms with Crippen LogP contribution in [0.5, 0.6) is 0 Å². The lowest BCUT2D eigenvalue weighted by atomic mass is 10.00. The molecule has 0 aliphatic rings. The Morgan fingerprint density at radius 1 is 1.20 bits per heavy atom. The molecular weight excluding hydrogens is 355 g/mol. The Kier molecular flexibility index (Phi) is 5.77. The maximum Gasteiger partial charge on any atom is 0.221 e. The molecule has 0 bridgehead atoms. The number of carbonyl (C=O) groups excluding carboxylic acids is 1. The second kappa shape index (κ2) is 8.03. The van der Waals surface area contributed by atoms with Gasteiger partial charge in [-0.2, -0.15) is 0 Å². The summed E-state index contributed by atoms with van der Waals surface area (Å²) < 4.78 is 2.21. The van der Waals surface area contributed by atoms with Crippen LogP contribution in [0.1, 0.15) is 31.2 Å². The smallest absolute Gasteiger partial charge is 0.221 e. The molecule has 2 heterocycles. The zero-order chi connectivity index (χ0) is 17.8. The van der Waals surface area contributed by atoms with Gasteiger partial charge in [-0.1, -0.05) is 18.0 Å². The number of aromatic nitrogens is 2. The van der Waals surface area contributed by atoms with E-state index in [1.54, 1.807) is 6.20 Å². The minimum atomic E-state index is -0.256. The predicted molar refractivity (Wildman–Crippen MR) is 104 cm³/mol. The molecular formula is C20H20Cl2N2O. The van der Waals surface area contributed by atoms with E-state index in [-0.39, 0.29) is 5.24 Å². The van der Waals surface area contributed by atoms with Crippen molar-refractivity contribution in [1.29, 1.82) is 0 Å². The first-order valence-corrected chi connectivity index (χ1v) is 9.19. The van der Waals surface area contributed by atoms with Crippen LogP contribution in [0.2, 0.25) is 5.02 Å². The van der Waals surface area contributed by atoms with Gasteiger partial charge >= 0.3 is 0 Å². The van der Waals surface area contributed by atoms with Gasteiger partial charge < -0.3 is 4.57 Å². The van der Waals surface area contributed by atoms with Gasteiger partial charge in [0.2, 0.25) is 5.24 Å². The van der Waals surface area contributed by atoms with Gasteiger partial charge in [-0.3, -0.25) is 9.78 Å². The summed E-state index contributed by atoms with van der Waals surface area (Å²) >= 11 is 11.7. The lowest BCUT2D eigenvalue weighted by molar-refractivity contribution is -0.111. The summed E-state index contributed by atoms with van der Waals surface area (Å²) in [7, 11) is 2.08. The van der Waals surface area contributed by atoms with Crippen molar-refractivity contribution in [2.24, 2.45) is 7.05 Å². The Labute approximate surface area is 157 Å². The Hall–Kier alpha value is -1.84. The van der Waals surface area contributed by atoms with Gasteiger partial charge in [0.05, 0.1) is 5.69 Å². The van der Waals surface area contributed by atoms with Crippen molar-refractivity contribution in [3.63, 3.8) is 0 Å². The molecule has 0 spiro atoms. The van der Waals surface area contributed by atoms with Crippen LogP contribution >= 0.6 is 23.2 Å². The molecule has 3 aromatic rings. The fourth-order valence-electron chi connectivity index (χ4n) is 3.36. The lowest BCUT2D eigenvalue weighted by Gasteiger charge is -2.08. The summed E-state index contributed by atoms with van der Waals surface area (Å²) in [5.74, 6) is 0. The number of unbranched alkanes of at least 4 members (excludes halogenated alkanes) is 2. The minimum absolute atomic E-state index is 0.256. The molecule has 3 rings (SSSR count). The van der Waals surface area contributed by atoms with Crippen molar-refractivity contribution in [3.8, 4) is 11.3 Å². The second-order valence-electron chi connectivity index (χ2n) is 6.21. The maximum absolute atomic E-state index is 10.9. The van der Waals surface area contributed by atoms with Crippen molar-refractivity contribution in [2.45, 2.75) is 32.1 Å². The van der Waals surface area contributed by atoms with Gasteiger partial charge in [0.25, 0.3) is 0 Å². The maximum atomic E-state index is 10.9. The molecule has 1 aromatic carbocycles. The van der Waals surface area contributed by atoms with Crippen molar-refractivity contribution >= 4 is 39.3 Å². The average Bonchev–Trinajstić information content (AvgIpc) is 2.86. The topological polar surface area (TPSA) is 34.9 Å². The summed E-state index contributed by atoms with van der Waals surface area (Å²) in [6.07, 6.45) is 7.86. The SMILES string of the molecule is Cn1c(-c2cccnc2)c(CCCCCC(=O)Cl)c2cc(Cl)ccc21. The number of halogens is 2. The highest BCUT2D eigenvalue weighted by Crippen LogP contribution is 2.35. The Balaban J connectivity index is 1.96. The average molecular weight is 375 g/mol. The van der Waals surface area contributed by atoms with Gasteiger partial charge in [0.15, 0.2) is 0 Å². The summed E-state index contributed by atoms with van der Waals surface area (Å²) in [6.45, 7) is 0. The quantitative estimate of drug-likeness (QED) is 0.389. The second-order valence-corrected chi connectivity index (χ2v) is 7.06. The number of carbonyl (C=O) groups is 1. The molecule has 0 atom stereocenters. The van der Waals surface area contributed by atoms with Crippen molar-refractivity contribution in [3.05, 3.63) is 53.3 Å². The van der Waals surface area contributed by atoms with Crippen LogP contribution in [-0.2, 0) is 18.3 Å². The molecule has 0 amide bonds. The monoisotopic (exact) mass is 374 g/mol. The molecule has 3 nitrogen and oxygen atoms in total. The van der Waals surface area contributed by atoms with Gasteiger partial charge in [-0.25, -0.2) is 0 Å². The van der Waals surface area contributed by atoms with E-state index in [0.29, 0.717) is 6.42 Å². The molecule has 0 N–H and O–H groups in total. The van der Waals surface area contributed by atoms with E-state index in [1.807, 2.05) is 24.4 Å². The Morgan fingerprint density at radius 3 is 2.76 bits per heavy atom. The van der Waals surface area contributed by atoms with Crippen LogP contribution in [0.4, 0.5) is 0 Å². The first-order chi connectivity index (χ1) is 12.1. The van der Waals surface area contributed by atoms with Gasteiger partial charge in [-0.15, -0.1) is 0 Å². The number of benzene rings is 1. The van der Waals surface area contributed by atoms with E-state index < -0.39 is 0 Å². The van der Waals surface area contributed by atoms with Crippen LogP contribution in [0.15, 0.2) is 42.7 Å². The van der Waals surface area contributed by atoms with E-state index >= 15 is 0 Å². The molecule has 2 aromatic heterocycles. The van der Waals surface area contributed by atoms with Crippen LogP contribution < -0.4 is 0 Å². The Morgan fingerprint density at radius 2 is 2.04 bits per heavy atom. The zero-order valence-electron chi connectivity index (χ0n) is 14.1. The third kappa shape index (κ3) is 4.05. The van der Waals surface area contributed by atoms with Gasteiger partial charge in [-0.05, 0) is 66.8 Å². The summed E-state index contributed by atoms with van der Waals surface area (Å²) in [5, 5.41) is 1.67. The van der Waals surface area contributed by atoms with E-state index in [1.165, 1.54) is 16.6 Å². The fourth-order valence-corrected chi connectivity index (χ4v) is 3.66. The number of fused-ring (bicyclic) bond motifs is 1. The molecule has 0 saturated heterocycles. The number of hydrogen-bond donors (Lipinski definition) is 0. The van der Waals surface area contributed by atoms with Crippen LogP contribution in [-0.4, -0.2) is 14.8 Å². The number of hydrogen-bond acceptors (Lipinski definition) is 2. The first-order valence-electron chi connectivity index (χ1n) is 8.43. The largest absolute Gasteiger partial charge is 0.343 e. The fraction of sp³-hybridized carbons (Fsp3) is 0.300. The van der Waals surface area contributed by atoms with Gasteiger partial charge in [0, 0.05) is 47.4 Å². The highest BCUT2D eigenvalue weighted by Gasteiger charge is 2.16. The predicted octanol–water partition coefficient (Wildman–Crippen LogP) is 5.76. The summed E-state index contributed by atoms with van der Waals surface area (Å²) in [5.41, 5.74) is 4.72. The molecule has 0 radical (unpaired) electrons. The highest BCUT2D eigenvalue weighted by atomic mass is 35.5. The van der Waals surface area contributed by atoms with Crippen molar-refractivity contribution in [1.82, 2.24) is 9.55 Å². The van der Waals surface area contributed by atoms with Crippen molar-refractivity contribution < 1.29 is 4.79 Å². The van der Waals surface area contributed by atoms with Crippen LogP contribution in [0.25, 0.3) is 22.2 Å². The van der Waals surface area contributed by atoms with E-state index in [4.69, 9.17) is 23.2 Å². The molecule has 25 heavy (non-hydrogen) atoms. The highest BCUT2D eigenvalue weighted by molar-refractivity contribution is 6.63. The molecule has 0 fully saturated rings. The third-order valence-corrected chi connectivity index (χ3v) is 4.93. The zero-order valence-corrected chi connectivity index (χ0v) is 15.6. The van der Waals surface area contributed by atoms with E-state index in [9.17, 15) is 4.79 Å². The minimum Gasteiger partial charge on any atom is -0.343 e. The lowest BCUT2D eigenvalue weighted by Crippen LogP contribution is -1.95. The Bertz CT molecular complexity index is 888. The first kappa shape index (κ1) is 18.0. The molecule has 0 aliphatic carbocycles. The third-order valence-electron chi connectivity index (χ3n) is 4.50. The van der Waals surface area contributed by atoms with Crippen LogP contribution in [0.3, 0.4) is 0 Å². The molecule has 0 unspecified atom stereocenters. The summed E-state index contributed by atoms with van der Waals surface area (Å²) in [6, 6.07) is 10.1. The van der Waals surface area contributed by atoms with Crippen LogP contribution in [0, 0.1) is 0 Å². The number of nitrogens with zero attached hydrogens (tertiary/aromatic N) is 2. The van der Waals surface area contributed by atoms with Gasteiger partial charge in [0.1, 0.15) is 0 Å². The number of pyridine rings is 1.